The Kier molecular flexibility index (Phi) is 8.88. The maximum Gasteiger partial charge on any atom is 0.416 e. The highest BCUT2D eigenvalue weighted by molar-refractivity contribution is 7.14. The number of hydrogen-bond acceptors (Lipinski definition) is 7. The molecule has 8 nitrogen and oxygen atoms in total. The Morgan fingerprint density at radius 3 is 2.63 bits per heavy atom. The van der Waals surface area contributed by atoms with Crippen LogP contribution >= 0.6 is 11.3 Å². The van der Waals surface area contributed by atoms with E-state index >= 15 is 0 Å². The van der Waals surface area contributed by atoms with Crippen LogP contribution in [0.5, 0.6) is 0 Å². The number of hydrogen-bond donors (Lipinski definition) is 2. The number of likely N-dealkylation sites (N-methyl/N-ethyl adjacent to an activating group) is 1. The van der Waals surface area contributed by atoms with Crippen molar-refractivity contribution in [1.29, 1.82) is 0 Å². The molecule has 0 spiro atoms. The molecule has 2 amide bonds. The summed E-state index contributed by atoms with van der Waals surface area (Å²) < 4.78 is 44.2. The number of thiazole rings is 1. The Hall–Kier alpha value is -3.38. The number of anilines is 2. The van der Waals surface area contributed by atoms with Gasteiger partial charge in [0.2, 0.25) is 5.91 Å². The normalized spacial score (nSPS) is 11.5. The van der Waals surface area contributed by atoms with Crippen molar-refractivity contribution in [3.63, 3.8) is 0 Å². The molecule has 3 rings (SSSR count). The van der Waals surface area contributed by atoms with Crippen LogP contribution in [-0.4, -0.2) is 60.3 Å². The molecule has 0 aliphatic heterocycles. The Bertz CT molecular complexity index is 1120. The molecule has 2 heterocycles. The Balaban J connectivity index is 1.67. The summed E-state index contributed by atoms with van der Waals surface area (Å²) in [7, 11) is 3.81. The molecule has 0 aliphatic carbocycles. The van der Waals surface area contributed by atoms with Gasteiger partial charge in [0.05, 0.1) is 18.4 Å². The van der Waals surface area contributed by atoms with E-state index in [1.165, 1.54) is 28.7 Å². The molecular weight excluding hydrogens is 483 g/mol. The molecule has 0 bridgehead atoms. The van der Waals surface area contributed by atoms with Crippen LogP contribution in [0.1, 0.15) is 28.2 Å². The van der Waals surface area contributed by atoms with Crippen LogP contribution in [0.2, 0.25) is 0 Å². The highest BCUT2D eigenvalue weighted by Crippen LogP contribution is 2.32. The van der Waals surface area contributed by atoms with Crippen molar-refractivity contribution in [2.75, 3.05) is 39.0 Å². The van der Waals surface area contributed by atoms with Crippen molar-refractivity contribution in [1.82, 2.24) is 20.1 Å². The van der Waals surface area contributed by atoms with Crippen molar-refractivity contribution in [3.8, 4) is 0 Å². The summed E-state index contributed by atoms with van der Waals surface area (Å²) in [6.07, 6.45) is -2.88. The predicted octanol–water partition coefficient (Wildman–Crippen LogP) is 4.21. The van der Waals surface area contributed by atoms with Gasteiger partial charge in [0.25, 0.3) is 5.91 Å². The monoisotopic (exact) mass is 509 g/mol. The van der Waals surface area contributed by atoms with Gasteiger partial charge < -0.3 is 24.9 Å². The molecule has 2 aromatic heterocycles. The number of nitrogens with one attached hydrogen (secondary N) is 2. The second kappa shape index (κ2) is 11.8. The van der Waals surface area contributed by atoms with Gasteiger partial charge in [-0.25, -0.2) is 4.98 Å². The maximum atomic E-state index is 13.2. The molecule has 188 valence electrons. The lowest BCUT2D eigenvalue weighted by Crippen LogP contribution is -2.36. The predicted molar refractivity (Wildman–Crippen MR) is 126 cm³/mol. The number of furan rings is 1. The van der Waals surface area contributed by atoms with Gasteiger partial charge in [-0.3, -0.25) is 9.59 Å². The number of rotatable bonds is 11. The maximum absolute atomic E-state index is 13.2. The summed E-state index contributed by atoms with van der Waals surface area (Å²) in [6.45, 7) is 1.47. The van der Waals surface area contributed by atoms with Gasteiger partial charge in [0.1, 0.15) is 11.5 Å². The summed E-state index contributed by atoms with van der Waals surface area (Å²) in [5.74, 6) is -0.0611. The lowest BCUT2D eigenvalue weighted by atomic mass is 10.2. The minimum atomic E-state index is -4.47. The molecule has 0 aliphatic rings. The summed E-state index contributed by atoms with van der Waals surface area (Å²) in [4.78, 5) is 33.0. The molecule has 12 heteroatoms. The highest BCUT2D eigenvalue weighted by Gasteiger charge is 2.30. The minimum absolute atomic E-state index is 0.0966. The van der Waals surface area contributed by atoms with Gasteiger partial charge in [0.15, 0.2) is 5.13 Å². The van der Waals surface area contributed by atoms with Crippen LogP contribution in [0.3, 0.4) is 0 Å². The number of benzene rings is 1. The van der Waals surface area contributed by atoms with E-state index in [1.54, 1.807) is 12.1 Å². The molecule has 1 aromatic carbocycles. The van der Waals surface area contributed by atoms with Gasteiger partial charge in [0, 0.05) is 37.1 Å². The number of carbonyl (C=O) groups is 2. The fourth-order valence-corrected chi connectivity index (χ4v) is 3.78. The second-order valence-electron chi connectivity index (χ2n) is 7.95. The molecule has 3 aromatic rings. The third-order valence-electron chi connectivity index (χ3n) is 4.87. The molecule has 0 saturated carbocycles. The average Bonchev–Trinajstić information content (AvgIpc) is 3.48. The summed E-state index contributed by atoms with van der Waals surface area (Å²) in [6, 6.07) is 8.15. The zero-order chi connectivity index (χ0) is 25.4. The number of halogens is 3. The zero-order valence-electron chi connectivity index (χ0n) is 19.3. The van der Waals surface area contributed by atoms with E-state index in [4.69, 9.17) is 4.42 Å². The van der Waals surface area contributed by atoms with Crippen molar-refractivity contribution in [3.05, 3.63) is 65.1 Å². The van der Waals surface area contributed by atoms with Gasteiger partial charge in [-0.2, -0.15) is 13.2 Å². The molecule has 2 N–H and O–H groups in total. The van der Waals surface area contributed by atoms with Crippen molar-refractivity contribution in [2.45, 2.75) is 19.1 Å². The number of aromatic nitrogens is 1. The summed E-state index contributed by atoms with van der Waals surface area (Å²) >= 11 is 1.09. The van der Waals surface area contributed by atoms with E-state index in [1.807, 2.05) is 19.0 Å². The molecule has 0 unspecified atom stereocenters. The molecule has 0 radical (unpaired) electrons. The summed E-state index contributed by atoms with van der Waals surface area (Å²) in [5.41, 5.74) is -0.470. The number of alkyl halides is 3. The van der Waals surface area contributed by atoms with Gasteiger partial charge in [-0.1, -0.05) is 6.07 Å². The van der Waals surface area contributed by atoms with Crippen molar-refractivity contribution in [2.24, 2.45) is 0 Å². The van der Waals surface area contributed by atoms with Crippen LogP contribution in [0.15, 0.2) is 52.5 Å². The van der Waals surface area contributed by atoms with E-state index in [0.717, 1.165) is 23.5 Å². The first-order chi connectivity index (χ1) is 16.6. The number of nitrogens with zero attached hydrogens (tertiary/aromatic N) is 3. The lowest BCUT2D eigenvalue weighted by Gasteiger charge is -2.20. The van der Waals surface area contributed by atoms with E-state index in [0.29, 0.717) is 18.8 Å². The van der Waals surface area contributed by atoms with Crippen LogP contribution < -0.4 is 10.6 Å². The lowest BCUT2D eigenvalue weighted by molar-refractivity contribution is -0.137. The Morgan fingerprint density at radius 1 is 1.14 bits per heavy atom. The van der Waals surface area contributed by atoms with Crippen molar-refractivity contribution < 1.29 is 27.2 Å². The van der Waals surface area contributed by atoms with Crippen molar-refractivity contribution >= 4 is 34.0 Å². The van der Waals surface area contributed by atoms with Gasteiger partial charge in [-0.15, -0.1) is 11.3 Å². The van der Waals surface area contributed by atoms with Crippen LogP contribution in [0.25, 0.3) is 0 Å². The van der Waals surface area contributed by atoms with E-state index in [9.17, 15) is 22.8 Å². The molecule has 0 atom stereocenters. The molecule has 0 fully saturated rings. The van der Waals surface area contributed by atoms with E-state index in [2.05, 4.69) is 15.6 Å². The highest BCUT2D eigenvalue weighted by atomic mass is 32.1. The Labute approximate surface area is 204 Å². The molecule has 0 saturated heterocycles. The van der Waals surface area contributed by atoms with Gasteiger partial charge >= 0.3 is 6.18 Å². The van der Waals surface area contributed by atoms with Crippen LogP contribution in [0, 0.1) is 0 Å². The molecular formula is C23H26F3N5O3S. The summed E-state index contributed by atoms with van der Waals surface area (Å²) in [5, 5.41) is 7.41. The number of carbonyl (C=O) groups excluding carboxylic acids is 2. The van der Waals surface area contributed by atoms with Crippen LogP contribution in [0.4, 0.5) is 24.0 Å². The zero-order valence-corrected chi connectivity index (χ0v) is 20.1. The average molecular weight is 510 g/mol. The fraction of sp³-hybridized carbons (Fsp3) is 0.348. The first-order valence-corrected chi connectivity index (χ1v) is 11.6. The third kappa shape index (κ3) is 8.11. The Morgan fingerprint density at radius 2 is 1.94 bits per heavy atom. The largest absolute Gasteiger partial charge is 0.467 e. The SMILES string of the molecule is CN(C)CCNC(=O)CCN(Cc1ccco1)C(=O)c1csc(Nc2cccc(C(F)(F)F)c2)n1. The van der Waals surface area contributed by atoms with E-state index < -0.39 is 17.6 Å². The number of amides is 2. The van der Waals surface area contributed by atoms with Gasteiger partial charge in [-0.05, 0) is 44.4 Å². The minimum Gasteiger partial charge on any atom is -0.467 e. The smallest absolute Gasteiger partial charge is 0.416 e. The van der Waals surface area contributed by atoms with Crippen LogP contribution in [-0.2, 0) is 17.5 Å². The second-order valence-corrected chi connectivity index (χ2v) is 8.81. The first-order valence-electron chi connectivity index (χ1n) is 10.7. The third-order valence-corrected chi connectivity index (χ3v) is 5.63. The quantitative estimate of drug-likeness (QED) is 0.403. The standard InChI is InChI=1S/C23H26F3N5O3S/c1-30(2)11-9-27-20(32)8-10-31(14-18-7-4-12-34-18)21(33)19-15-35-22(29-19)28-17-6-3-5-16(13-17)23(24,25)26/h3-7,12-13,15H,8-11,14H2,1-2H3,(H,27,32)(H,28,29). The first kappa shape index (κ1) is 26.2. The topological polar surface area (TPSA) is 90.7 Å². The fourth-order valence-electron chi connectivity index (χ4n) is 3.08. The van der Waals surface area contributed by atoms with E-state index in [-0.39, 0.29) is 41.9 Å². The molecule has 35 heavy (non-hydrogen) atoms.